The minimum atomic E-state index is -0.478. The molecule has 1 aromatic rings. The van der Waals surface area contributed by atoms with Gasteiger partial charge in [-0.1, -0.05) is 30.3 Å². The Morgan fingerprint density at radius 1 is 1.12 bits per heavy atom. The molecule has 1 saturated heterocycles. The van der Waals surface area contributed by atoms with Crippen molar-refractivity contribution < 1.29 is 14.3 Å². The Balaban J connectivity index is 0.00000288. The average Bonchev–Trinajstić information content (AvgIpc) is 2.60. The smallest absolute Gasteiger partial charge is 0.316 e. The van der Waals surface area contributed by atoms with E-state index in [-0.39, 0.29) is 23.0 Å². The first-order valence-corrected chi connectivity index (χ1v) is 8.75. The van der Waals surface area contributed by atoms with Crippen LogP contribution in [0.4, 0.5) is 0 Å². The standard InChI is InChI=1S/C19H29NO3.BrH/c1-3-22-16-8-13-20-14-11-19(12-15-20,18(21)23-4-2)17-9-6-5-7-10-17;/h5-7,9-10H,3-4,8,11-16H2,1-2H3;1H. The van der Waals surface area contributed by atoms with Gasteiger partial charge in [0.1, 0.15) is 0 Å². The van der Waals surface area contributed by atoms with Gasteiger partial charge in [-0.15, -0.1) is 17.0 Å². The summed E-state index contributed by atoms with van der Waals surface area (Å²) < 4.78 is 10.8. The maximum atomic E-state index is 12.7. The number of ether oxygens (including phenoxy) is 2. The van der Waals surface area contributed by atoms with Crippen LogP contribution in [0.25, 0.3) is 0 Å². The number of hydrogen-bond acceptors (Lipinski definition) is 4. The van der Waals surface area contributed by atoms with E-state index in [0.717, 1.165) is 57.7 Å². The number of nitrogens with zero attached hydrogens (tertiary/aromatic N) is 1. The molecule has 1 aliphatic heterocycles. The average molecular weight is 400 g/mol. The van der Waals surface area contributed by atoms with Crippen LogP contribution in [0.3, 0.4) is 0 Å². The molecule has 0 amide bonds. The minimum Gasteiger partial charge on any atom is -0.465 e. The zero-order valence-corrected chi connectivity index (χ0v) is 16.5. The van der Waals surface area contributed by atoms with Gasteiger partial charge in [-0.3, -0.25) is 4.79 Å². The number of halogens is 1. The summed E-state index contributed by atoms with van der Waals surface area (Å²) in [4.78, 5) is 15.1. The van der Waals surface area contributed by atoms with Gasteiger partial charge in [0.25, 0.3) is 0 Å². The second-order valence-corrected chi connectivity index (χ2v) is 6.06. The van der Waals surface area contributed by atoms with Gasteiger partial charge >= 0.3 is 5.97 Å². The van der Waals surface area contributed by atoms with Gasteiger partial charge in [-0.2, -0.15) is 0 Å². The molecule has 0 saturated carbocycles. The molecule has 24 heavy (non-hydrogen) atoms. The number of esters is 1. The fourth-order valence-electron chi connectivity index (χ4n) is 3.33. The van der Waals surface area contributed by atoms with E-state index >= 15 is 0 Å². The van der Waals surface area contributed by atoms with Crippen LogP contribution in [0.2, 0.25) is 0 Å². The Kier molecular flexibility index (Phi) is 9.56. The van der Waals surface area contributed by atoms with Crippen molar-refractivity contribution in [2.75, 3.05) is 39.5 Å². The molecule has 0 bridgehead atoms. The Bertz CT molecular complexity index is 473. The van der Waals surface area contributed by atoms with Crippen molar-refractivity contribution in [3.05, 3.63) is 35.9 Å². The van der Waals surface area contributed by atoms with Gasteiger partial charge in [0.2, 0.25) is 0 Å². The molecular weight excluding hydrogens is 370 g/mol. The fourth-order valence-corrected chi connectivity index (χ4v) is 3.33. The Morgan fingerprint density at radius 3 is 2.38 bits per heavy atom. The summed E-state index contributed by atoms with van der Waals surface area (Å²) in [7, 11) is 0. The lowest BCUT2D eigenvalue weighted by Gasteiger charge is -2.40. The highest BCUT2D eigenvalue weighted by Crippen LogP contribution is 2.36. The fraction of sp³-hybridized carbons (Fsp3) is 0.632. The molecule has 0 radical (unpaired) electrons. The number of carbonyl (C=O) groups excluding carboxylic acids is 1. The van der Waals surface area contributed by atoms with E-state index in [1.165, 1.54) is 0 Å². The Morgan fingerprint density at radius 2 is 1.79 bits per heavy atom. The highest BCUT2D eigenvalue weighted by molar-refractivity contribution is 8.93. The lowest BCUT2D eigenvalue weighted by Crippen LogP contribution is -2.48. The molecule has 5 heteroatoms. The Labute approximate surface area is 156 Å². The molecule has 0 aromatic heterocycles. The maximum absolute atomic E-state index is 12.7. The Hall–Kier alpha value is -0.910. The number of benzene rings is 1. The molecule has 1 aliphatic rings. The van der Waals surface area contributed by atoms with Crippen LogP contribution >= 0.6 is 17.0 Å². The summed E-state index contributed by atoms with van der Waals surface area (Å²) >= 11 is 0. The number of rotatable bonds is 8. The lowest BCUT2D eigenvalue weighted by atomic mass is 9.72. The van der Waals surface area contributed by atoms with Crippen molar-refractivity contribution in [3.63, 3.8) is 0 Å². The molecule has 136 valence electrons. The molecule has 0 N–H and O–H groups in total. The second kappa shape index (κ2) is 10.9. The summed E-state index contributed by atoms with van der Waals surface area (Å²) in [5.41, 5.74) is 0.612. The van der Waals surface area contributed by atoms with Gasteiger partial charge in [0, 0.05) is 19.8 Å². The predicted octanol–water partition coefficient (Wildman–Crippen LogP) is 3.59. The van der Waals surface area contributed by atoms with Gasteiger partial charge in [0.15, 0.2) is 0 Å². The lowest BCUT2D eigenvalue weighted by molar-refractivity contribution is -0.152. The topological polar surface area (TPSA) is 38.8 Å². The summed E-state index contributed by atoms with van der Waals surface area (Å²) in [6, 6.07) is 10.1. The zero-order valence-electron chi connectivity index (χ0n) is 14.8. The third-order valence-corrected chi connectivity index (χ3v) is 4.67. The first-order valence-electron chi connectivity index (χ1n) is 8.75. The van der Waals surface area contributed by atoms with Crippen molar-refractivity contribution in [1.82, 2.24) is 4.90 Å². The van der Waals surface area contributed by atoms with Crippen molar-refractivity contribution in [2.24, 2.45) is 0 Å². The second-order valence-electron chi connectivity index (χ2n) is 6.06. The highest BCUT2D eigenvalue weighted by atomic mass is 79.9. The SMILES string of the molecule is Br.CCOCCCN1CCC(C(=O)OCC)(c2ccccc2)CC1. The highest BCUT2D eigenvalue weighted by Gasteiger charge is 2.43. The van der Waals surface area contributed by atoms with Crippen LogP contribution < -0.4 is 0 Å². The van der Waals surface area contributed by atoms with E-state index in [2.05, 4.69) is 17.0 Å². The molecular formula is C19H30BrNO3. The van der Waals surface area contributed by atoms with Gasteiger partial charge in [-0.05, 0) is 51.8 Å². The molecule has 1 heterocycles. The van der Waals surface area contributed by atoms with Crippen molar-refractivity contribution in [3.8, 4) is 0 Å². The minimum absolute atomic E-state index is 0. The molecule has 0 unspecified atom stereocenters. The van der Waals surface area contributed by atoms with E-state index in [1.807, 2.05) is 32.0 Å². The molecule has 0 atom stereocenters. The zero-order chi connectivity index (χ0) is 16.5. The molecule has 2 rings (SSSR count). The summed E-state index contributed by atoms with van der Waals surface area (Å²) in [6.07, 6.45) is 2.69. The molecule has 0 spiro atoms. The third kappa shape index (κ3) is 5.30. The number of piperidine rings is 1. The van der Waals surface area contributed by atoms with E-state index in [9.17, 15) is 4.79 Å². The number of carbonyl (C=O) groups is 1. The van der Waals surface area contributed by atoms with E-state index in [1.54, 1.807) is 0 Å². The van der Waals surface area contributed by atoms with Crippen LogP contribution in [0, 0.1) is 0 Å². The molecule has 0 aliphatic carbocycles. The largest absolute Gasteiger partial charge is 0.465 e. The van der Waals surface area contributed by atoms with Crippen LogP contribution in [0.5, 0.6) is 0 Å². The van der Waals surface area contributed by atoms with Crippen LogP contribution in [0.15, 0.2) is 30.3 Å². The quantitative estimate of drug-likeness (QED) is 0.494. The third-order valence-electron chi connectivity index (χ3n) is 4.67. The van der Waals surface area contributed by atoms with Crippen molar-refractivity contribution in [1.29, 1.82) is 0 Å². The first kappa shape index (κ1) is 21.1. The van der Waals surface area contributed by atoms with Crippen LogP contribution in [-0.2, 0) is 19.7 Å². The van der Waals surface area contributed by atoms with Gasteiger partial charge in [-0.25, -0.2) is 0 Å². The molecule has 4 nitrogen and oxygen atoms in total. The summed E-state index contributed by atoms with van der Waals surface area (Å²) in [5, 5.41) is 0. The van der Waals surface area contributed by atoms with E-state index in [0.29, 0.717) is 6.61 Å². The predicted molar refractivity (Wildman–Crippen MR) is 102 cm³/mol. The van der Waals surface area contributed by atoms with E-state index in [4.69, 9.17) is 9.47 Å². The molecule has 1 fully saturated rings. The van der Waals surface area contributed by atoms with Crippen LogP contribution in [0.1, 0.15) is 38.7 Å². The van der Waals surface area contributed by atoms with Crippen molar-refractivity contribution in [2.45, 2.75) is 38.5 Å². The van der Waals surface area contributed by atoms with Crippen molar-refractivity contribution >= 4 is 23.0 Å². The first-order chi connectivity index (χ1) is 11.2. The number of hydrogen-bond donors (Lipinski definition) is 0. The van der Waals surface area contributed by atoms with Gasteiger partial charge in [0.05, 0.1) is 12.0 Å². The monoisotopic (exact) mass is 399 g/mol. The summed E-state index contributed by atoms with van der Waals surface area (Å²) in [6.45, 7) is 8.82. The van der Waals surface area contributed by atoms with Gasteiger partial charge < -0.3 is 14.4 Å². The summed E-state index contributed by atoms with van der Waals surface area (Å²) in [5.74, 6) is -0.0693. The normalized spacial score (nSPS) is 17.1. The number of likely N-dealkylation sites (tertiary alicyclic amines) is 1. The molecule has 1 aromatic carbocycles. The van der Waals surface area contributed by atoms with E-state index < -0.39 is 5.41 Å². The maximum Gasteiger partial charge on any atom is 0.316 e. The van der Waals surface area contributed by atoms with Crippen LogP contribution in [-0.4, -0.2) is 50.3 Å².